The van der Waals surface area contributed by atoms with E-state index in [1.807, 2.05) is 31.2 Å². The molecular weight excluding hydrogens is 441 g/mol. The Morgan fingerprint density at radius 2 is 1.88 bits per heavy atom. The van der Waals surface area contributed by atoms with Gasteiger partial charge in [-0.25, -0.2) is 0 Å². The summed E-state index contributed by atoms with van der Waals surface area (Å²) in [5.74, 6) is 1.09. The number of hydrogen-bond acceptors (Lipinski definition) is 3. The average Bonchev–Trinajstić information content (AvgIpc) is 2.66. The molecule has 5 heteroatoms. The summed E-state index contributed by atoms with van der Waals surface area (Å²) in [5.41, 5.74) is 1.64. The molecule has 0 aliphatic heterocycles. The SMILES string of the molecule is CCOc1cc(C(=O)NCc2cccc3ccccc23)cc(I)c1OC. The van der Waals surface area contributed by atoms with Gasteiger partial charge < -0.3 is 14.8 Å². The molecule has 0 fully saturated rings. The fourth-order valence-corrected chi connectivity index (χ4v) is 3.71. The van der Waals surface area contributed by atoms with Gasteiger partial charge in [0, 0.05) is 12.1 Å². The molecule has 0 heterocycles. The van der Waals surface area contributed by atoms with E-state index >= 15 is 0 Å². The van der Waals surface area contributed by atoms with E-state index in [2.05, 4.69) is 46.1 Å². The molecule has 0 atom stereocenters. The van der Waals surface area contributed by atoms with Gasteiger partial charge in [0.2, 0.25) is 0 Å². The Balaban J connectivity index is 1.82. The number of methoxy groups -OCH3 is 1. The number of rotatable bonds is 6. The monoisotopic (exact) mass is 461 g/mol. The Morgan fingerprint density at radius 1 is 1.12 bits per heavy atom. The molecule has 1 N–H and O–H groups in total. The molecule has 4 nitrogen and oxygen atoms in total. The third kappa shape index (κ3) is 3.93. The number of carbonyl (C=O) groups excluding carboxylic acids is 1. The van der Waals surface area contributed by atoms with Crippen molar-refractivity contribution >= 4 is 39.3 Å². The van der Waals surface area contributed by atoms with Gasteiger partial charge in [0.15, 0.2) is 11.5 Å². The number of amides is 1. The lowest BCUT2D eigenvalue weighted by Crippen LogP contribution is -2.23. The zero-order chi connectivity index (χ0) is 18.5. The van der Waals surface area contributed by atoms with Gasteiger partial charge >= 0.3 is 0 Å². The topological polar surface area (TPSA) is 47.6 Å². The van der Waals surface area contributed by atoms with Gasteiger partial charge in [-0.15, -0.1) is 0 Å². The minimum absolute atomic E-state index is 0.139. The summed E-state index contributed by atoms with van der Waals surface area (Å²) >= 11 is 2.15. The van der Waals surface area contributed by atoms with E-state index in [-0.39, 0.29) is 5.91 Å². The molecular formula is C21H20INO3. The fraction of sp³-hybridized carbons (Fsp3) is 0.190. The maximum absolute atomic E-state index is 12.7. The average molecular weight is 461 g/mol. The van der Waals surface area contributed by atoms with Crippen LogP contribution in [-0.4, -0.2) is 19.6 Å². The largest absolute Gasteiger partial charge is 0.492 e. The highest BCUT2D eigenvalue weighted by Gasteiger charge is 2.15. The summed E-state index contributed by atoms with van der Waals surface area (Å²) in [5, 5.41) is 5.31. The second kappa shape index (κ2) is 8.40. The first-order valence-corrected chi connectivity index (χ1v) is 9.47. The van der Waals surface area contributed by atoms with Gasteiger partial charge in [-0.3, -0.25) is 4.79 Å². The van der Waals surface area contributed by atoms with Crippen molar-refractivity contribution in [3.05, 3.63) is 69.3 Å². The molecule has 0 spiro atoms. The molecule has 1 amide bonds. The molecule has 3 aromatic carbocycles. The molecule has 0 saturated carbocycles. The summed E-state index contributed by atoms with van der Waals surface area (Å²) in [7, 11) is 1.60. The molecule has 0 aromatic heterocycles. The van der Waals surface area contributed by atoms with Gasteiger partial charge in [0.05, 0.1) is 17.3 Å². The lowest BCUT2D eigenvalue weighted by atomic mass is 10.0. The van der Waals surface area contributed by atoms with Gasteiger partial charge in [-0.1, -0.05) is 42.5 Å². The summed E-state index contributed by atoms with van der Waals surface area (Å²) in [6.07, 6.45) is 0. The van der Waals surface area contributed by atoms with Crippen LogP contribution in [0, 0.1) is 3.57 Å². The van der Waals surface area contributed by atoms with Crippen molar-refractivity contribution in [2.24, 2.45) is 0 Å². The first-order chi connectivity index (χ1) is 12.6. The zero-order valence-electron chi connectivity index (χ0n) is 14.7. The molecule has 134 valence electrons. The number of carbonyl (C=O) groups is 1. The van der Waals surface area contributed by atoms with E-state index in [1.165, 1.54) is 0 Å². The number of ether oxygens (including phenoxy) is 2. The van der Waals surface area contributed by atoms with Crippen LogP contribution in [0.3, 0.4) is 0 Å². The van der Waals surface area contributed by atoms with Crippen molar-refractivity contribution in [1.82, 2.24) is 5.32 Å². The first kappa shape index (κ1) is 18.5. The second-order valence-corrected chi connectivity index (χ2v) is 6.91. The molecule has 0 saturated heterocycles. The van der Waals surface area contributed by atoms with Crippen molar-refractivity contribution in [1.29, 1.82) is 0 Å². The highest BCUT2D eigenvalue weighted by molar-refractivity contribution is 14.1. The van der Waals surface area contributed by atoms with Crippen LogP contribution in [0.15, 0.2) is 54.6 Å². The highest BCUT2D eigenvalue weighted by atomic mass is 127. The molecule has 26 heavy (non-hydrogen) atoms. The van der Waals surface area contributed by atoms with Crippen LogP contribution >= 0.6 is 22.6 Å². The smallest absolute Gasteiger partial charge is 0.251 e. The van der Waals surface area contributed by atoms with Crippen LogP contribution in [-0.2, 0) is 6.54 Å². The van der Waals surface area contributed by atoms with Crippen LogP contribution in [0.1, 0.15) is 22.8 Å². The van der Waals surface area contributed by atoms with Crippen LogP contribution < -0.4 is 14.8 Å². The summed E-state index contributed by atoms with van der Waals surface area (Å²) < 4.78 is 11.8. The van der Waals surface area contributed by atoms with E-state index in [0.29, 0.717) is 30.2 Å². The highest BCUT2D eigenvalue weighted by Crippen LogP contribution is 2.33. The van der Waals surface area contributed by atoms with E-state index in [9.17, 15) is 4.79 Å². The van der Waals surface area contributed by atoms with Crippen LogP contribution in [0.4, 0.5) is 0 Å². The molecule has 3 aromatic rings. The Hall–Kier alpha value is -2.28. The Bertz CT molecular complexity index is 934. The summed E-state index contributed by atoms with van der Waals surface area (Å²) in [6.45, 7) is 2.87. The predicted octanol–water partition coefficient (Wildman–Crippen LogP) is 4.78. The number of nitrogens with one attached hydrogen (secondary N) is 1. The van der Waals surface area contributed by atoms with Crippen molar-refractivity contribution in [2.45, 2.75) is 13.5 Å². The molecule has 0 bridgehead atoms. The zero-order valence-corrected chi connectivity index (χ0v) is 16.9. The van der Waals surface area contributed by atoms with Crippen molar-refractivity contribution in [3.63, 3.8) is 0 Å². The normalized spacial score (nSPS) is 10.6. The van der Waals surface area contributed by atoms with Crippen molar-refractivity contribution < 1.29 is 14.3 Å². The Morgan fingerprint density at radius 3 is 2.65 bits per heavy atom. The van der Waals surface area contributed by atoms with Gasteiger partial charge in [0.1, 0.15) is 0 Å². The third-order valence-electron chi connectivity index (χ3n) is 4.10. The van der Waals surface area contributed by atoms with E-state index in [4.69, 9.17) is 9.47 Å². The number of fused-ring (bicyclic) bond motifs is 1. The van der Waals surface area contributed by atoms with Crippen molar-refractivity contribution in [2.75, 3.05) is 13.7 Å². The minimum Gasteiger partial charge on any atom is -0.492 e. The molecule has 0 aliphatic rings. The first-order valence-electron chi connectivity index (χ1n) is 8.39. The van der Waals surface area contributed by atoms with E-state index in [1.54, 1.807) is 19.2 Å². The van der Waals surface area contributed by atoms with E-state index < -0.39 is 0 Å². The molecule has 0 unspecified atom stereocenters. The Kier molecular flexibility index (Phi) is 5.98. The van der Waals surface area contributed by atoms with Gasteiger partial charge in [-0.05, 0) is 58.0 Å². The summed E-state index contributed by atoms with van der Waals surface area (Å²) in [4.78, 5) is 12.7. The van der Waals surface area contributed by atoms with Crippen molar-refractivity contribution in [3.8, 4) is 11.5 Å². The molecule has 0 radical (unpaired) electrons. The lowest BCUT2D eigenvalue weighted by molar-refractivity contribution is 0.0950. The van der Waals surface area contributed by atoms with Crippen LogP contribution in [0.2, 0.25) is 0 Å². The van der Waals surface area contributed by atoms with Crippen LogP contribution in [0.5, 0.6) is 11.5 Å². The van der Waals surface area contributed by atoms with Gasteiger partial charge in [-0.2, -0.15) is 0 Å². The van der Waals surface area contributed by atoms with Gasteiger partial charge in [0.25, 0.3) is 5.91 Å². The standard InChI is InChI=1S/C21H20INO3/c1-3-26-19-12-16(11-18(22)20(19)25-2)21(24)23-13-15-9-6-8-14-7-4-5-10-17(14)15/h4-12H,3,13H2,1-2H3,(H,23,24). The number of benzene rings is 3. The molecule has 3 rings (SSSR count). The predicted molar refractivity (Wildman–Crippen MR) is 112 cm³/mol. The van der Waals surface area contributed by atoms with Crippen LogP contribution in [0.25, 0.3) is 10.8 Å². The fourth-order valence-electron chi connectivity index (χ4n) is 2.88. The Labute approximate surface area is 166 Å². The number of hydrogen-bond donors (Lipinski definition) is 1. The lowest BCUT2D eigenvalue weighted by Gasteiger charge is -2.14. The third-order valence-corrected chi connectivity index (χ3v) is 4.90. The minimum atomic E-state index is -0.139. The second-order valence-electron chi connectivity index (χ2n) is 5.74. The summed E-state index contributed by atoms with van der Waals surface area (Å²) in [6, 6.07) is 17.8. The quantitative estimate of drug-likeness (QED) is 0.538. The maximum atomic E-state index is 12.7. The number of halogens is 1. The maximum Gasteiger partial charge on any atom is 0.251 e. The van der Waals surface area contributed by atoms with E-state index in [0.717, 1.165) is 19.9 Å². The molecule has 0 aliphatic carbocycles.